The third kappa shape index (κ3) is 15.9. The lowest BCUT2D eigenvalue weighted by atomic mass is 10.4. The van der Waals surface area contributed by atoms with E-state index in [4.69, 9.17) is 0 Å². The highest BCUT2D eigenvalue weighted by Crippen LogP contribution is 1.89. The number of ether oxygens (including phenoxy) is 1. The monoisotopic (exact) mass is 215 g/mol. The van der Waals surface area contributed by atoms with Gasteiger partial charge in [-0.2, -0.15) is 0 Å². The van der Waals surface area contributed by atoms with Gasteiger partial charge in [0.15, 0.2) is 0 Å². The van der Waals surface area contributed by atoms with E-state index in [-0.39, 0.29) is 5.97 Å². The van der Waals surface area contributed by atoms with Crippen molar-refractivity contribution in [2.24, 2.45) is 0 Å². The third-order valence-corrected chi connectivity index (χ3v) is 1.48. The fourth-order valence-electron chi connectivity index (χ4n) is 0.733. The maximum Gasteiger partial charge on any atom is 0.333 e. The third-order valence-electron chi connectivity index (χ3n) is 1.48. The van der Waals surface area contributed by atoms with Crippen molar-refractivity contribution in [2.75, 3.05) is 19.7 Å². The van der Waals surface area contributed by atoms with Crippen LogP contribution in [0.5, 0.6) is 0 Å². The van der Waals surface area contributed by atoms with E-state index in [1.807, 2.05) is 0 Å². The highest BCUT2D eigenvalue weighted by molar-refractivity contribution is 5.86. The molecule has 3 heteroatoms. The van der Waals surface area contributed by atoms with Crippen molar-refractivity contribution in [3.05, 3.63) is 12.2 Å². The van der Waals surface area contributed by atoms with Gasteiger partial charge < -0.3 is 10.1 Å². The summed E-state index contributed by atoms with van der Waals surface area (Å²) in [7, 11) is 0. The van der Waals surface area contributed by atoms with Crippen LogP contribution in [0.1, 0.15) is 40.5 Å². The molecule has 0 aliphatic carbocycles. The van der Waals surface area contributed by atoms with E-state index in [9.17, 15) is 4.79 Å². The summed E-state index contributed by atoms with van der Waals surface area (Å²) in [6.45, 7) is 13.9. The van der Waals surface area contributed by atoms with Crippen LogP contribution in [0.2, 0.25) is 0 Å². The van der Waals surface area contributed by atoms with Gasteiger partial charge in [-0.05, 0) is 39.8 Å². The molecule has 0 bridgehead atoms. The summed E-state index contributed by atoms with van der Waals surface area (Å²) in [4.78, 5) is 10.4. The SMILES string of the molecule is C=C(C)C(=O)OCC.CCCNCCC. The maximum atomic E-state index is 10.4. The van der Waals surface area contributed by atoms with Gasteiger partial charge in [0.05, 0.1) is 6.61 Å². The van der Waals surface area contributed by atoms with Gasteiger partial charge in [0.1, 0.15) is 0 Å². The van der Waals surface area contributed by atoms with Crippen molar-refractivity contribution < 1.29 is 9.53 Å². The molecule has 0 aliphatic heterocycles. The highest BCUT2D eigenvalue weighted by Gasteiger charge is 1.98. The summed E-state index contributed by atoms with van der Waals surface area (Å²) in [5.41, 5.74) is 0.451. The first-order valence-electron chi connectivity index (χ1n) is 5.63. The number of rotatable bonds is 6. The molecule has 0 saturated heterocycles. The van der Waals surface area contributed by atoms with Crippen molar-refractivity contribution in [3.63, 3.8) is 0 Å². The lowest BCUT2D eigenvalue weighted by Crippen LogP contribution is -2.14. The normalized spacial score (nSPS) is 8.80. The van der Waals surface area contributed by atoms with E-state index in [0.29, 0.717) is 12.2 Å². The van der Waals surface area contributed by atoms with Crippen LogP contribution < -0.4 is 5.32 Å². The topological polar surface area (TPSA) is 38.3 Å². The molecule has 1 N–H and O–H groups in total. The van der Waals surface area contributed by atoms with Gasteiger partial charge >= 0.3 is 5.97 Å². The lowest BCUT2D eigenvalue weighted by Gasteiger charge is -1.96. The van der Waals surface area contributed by atoms with E-state index in [0.717, 1.165) is 0 Å². The molecule has 0 aromatic rings. The molecule has 0 unspecified atom stereocenters. The second kappa shape index (κ2) is 13.2. The Morgan fingerprint density at radius 2 is 1.67 bits per heavy atom. The first-order chi connectivity index (χ1) is 7.09. The molecule has 15 heavy (non-hydrogen) atoms. The summed E-state index contributed by atoms with van der Waals surface area (Å²) in [6.07, 6.45) is 2.50. The van der Waals surface area contributed by atoms with Crippen LogP contribution >= 0.6 is 0 Å². The summed E-state index contributed by atoms with van der Waals surface area (Å²) >= 11 is 0. The Kier molecular flexibility index (Phi) is 14.6. The minimum Gasteiger partial charge on any atom is -0.463 e. The molecule has 0 aromatic carbocycles. The van der Waals surface area contributed by atoms with Crippen LogP contribution in [0.4, 0.5) is 0 Å². The van der Waals surface area contributed by atoms with E-state index < -0.39 is 0 Å². The lowest BCUT2D eigenvalue weighted by molar-refractivity contribution is -0.138. The summed E-state index contributed by atoms with van der Waals surface area (Å²) < 4.78 is 4.56. The molecule has 0 saturated carbocycles. The first kappa shape index (κ1) is 16.6. The number of carbonyl (C=O) groups is 1. The molecule has 0 spiro atoms. The predicted molar refractivity (Wildman–Crippen MR) is 64.9 cm³/mol. The van der Waals surface area contributed by atoms with Crippen LogP contribution in [0.25, 0.3) is 0 Å². The van der Waals surface area contributed by atoms with Gasteiger partial charge in [-0.15, -0.1) is 0 Å². The minimum atomic E-state index is -0.312. The van der Waals surface area contributed by atoms with Crippen LogP contribution in [0.15, 0.2) is 12.2 Å². The number of nitrogens with one attached hydrogen (secondary N) is 1. The molecular formula is C12H25NO2. The van der Waals surface area contributed by atoms with Gasteiger partial charge in [0.2, 0.25) is 0 Å². The van der Waals surface area contributed by atoms with E-state index >= 15 is 0 Å². The Balaban J connectivity index is 0. The van der Waals surface area contributed by atoms with Crippen molar-refractivity contribution in [1.29, 1.82) is 0 Å². The zero-order valence-electron chi connectivity index (χ0n) is 10.6. The Morgan fingerprint density at radius 3 is 1.87 bits per heavy atom. The van der Waals surface area contributed by atoms with Gasteiger partial charge in [-0.25, -0.2) is 4.79 Å². The Bertz CT molecular complexity index is 163. The largest absolute Gasteiger partial charge is 0.463 e. The quantitative estimate of drug-likeness (QED) is 0.420. The molecular weight excluding hydrogens is 190 g/mol. The summed E-state index contributed by atoms with van der Waals surface area (Å²) in [6, 6.07) is 0. The van der Waals surface area contributed by atoms with Gasteiger partial charge in [0, 0.05) is 5.57 Å². The maximum absolute atomic E-state index is 10.4. The molecule has 0 radical (unpaired) electrons. The first-order valence-corrected chi connectivity index (χ1v) is 5.63. The van der Waals surface area contributed by atoms with E-state index in [2.05, 4.69) is 30.5 Å². The van der Waals surface area contributed by atoms with Crippen LogP contribution in [-0.4, -0.2) is 25.7 Å². The van der Waals surface area contributed by atoms with Crippen LogP contribution in [0.3, 0.4) is 0 Å². The van der Waals surface area contributed by atoms with E-state index in [1.165, 1.54) is 25.9 Å². The molecule has 0 amide bonds. The summed E-state index contributed by atoms with van der Waals surface area (Å²) in [5.74, 6) is -0.312. The van der Waals surface area contributed by atoms with Crippen LogP contribution in [0, 0.1) is 0 Å². The number of esters is 1. The summed E-state index contributed by atoms with van der Waals surface area (Å²) in [5, 5.41) is 3.28. The van der Waals surface area contributed by atoms with Gasteiger partial charge in [0.25, 0.3) is 0 Å². The molecule has 0 heterocycles. The van der Waals surface area contributed by atoms with Crippen molar-refractivity contribution in [3.8, 4) is 0 Å². The zero-order chi connectivity index (χ0) is 12.1. The highest BCUT2D eigenvalue weighted by atomic mass is 16.5. The average molecular weight is 215 g/mol. The molecule has 90 valence electrons. The molecule has 0 rings (SSSR count). The molecule has 0 fully saturated rings. The molecule has 0 atom stereocenters. The van der Waals surface area contributed by atoms with Gasteiger partial charge in [-0.3, -0.25) is 0 Å². The fourth-order valence-corrected chi connectivity index (χ4v) is 0.733. The Labute approximate surface area is 93.9 Å². The molecule has 3 nitrogen and oxygen atoms in total. The van der Waals surface area contributed by atoms with Crippen molar-refractivity contribution in [2.45, 2.75) is 40.5 Å². The Morgan fingerprint density at radius 1 is 1.20 bits per heavy atom. The molecule has 0 aromatic heterocycles. The minimum absolute atomic E-state index is 0.312. The second-order valence-electron chi connectivity index (χ2n) is 3.25. The fraction of sp³-hybridized carbons (Fsp3) is 0.750. The standard InChI is InChI=1S/C6H15N.C6H10O2/c1-3-5-7-6-4-2;1-4-8-6(7)5(2)3/h7H,3-6H2,1-2H3;2,4H2,1,3H3. The predicted octanol–water partition coefficient (Wildman–Crippen LogP) is 2.52. The zero-order valence-corrected chi connectivity index (χ0v) is 10.6. The van der Waals surface area contributed by atoms with E-state index in [1.54, 1.807) is 13.8 Å². The van der Waals surface area contributed by atoms with Crippen molar-refractivity contribution in [1.82, 2.24) is 5.32 Å². The smallest absolute Gasteiger partial charge is 0.333 e. The Hall–Kier alpha value is -0.830. The van der Waals surface area contributed by atoms with Crippen molar-refractivity contribution >= 4 is 5.97 Å². The average Bonchev–Trinajstić information content (AvgIpc) is 2.20. The number of carbonyl (C=O) groups excluding carboxylic acids is 1. The second-order valence-corrected chi connectivity index (χ2v) is 3.25. The molecule has 0 aliphatic rings. The van der Waals surface area contributed by atoms with Crippen LogP contribution in [-0.2, 0) is 9.53 Å². The van der Waals surface area contributed by atoms with Gasteiger partial charge in [-0.1, -0.05) is 20.4 Å². The number of hydrogen-bond donors (Lipinski definition) is 1. The number of hydrogen-bond acceptors (Lipinski definition) is 3.